The molecule has 8 aromatic rings. The summed E-state index contributed by atoms with van der Waals surface area (Å²) in [4.78, 5) is 72.4. The zero-order valence-electron chi connectivity index (χ0n) is 38.9. The maximum Gasteiger partial charge on any atom is 0.354 e. The molecule has 0 saturated heterocycles. The van der Waals surface area contributed by atoms with Gasteiger partial charge in [0.1, 0.15) is 34.1 Å². The van der Waals surface area contributed by atoms with Gasteiger partial charge in [-0.05, 0) is 157 Å². The van der Waals surface area contributed by atoms with Gasteiger partial charge in [-0.2, -0.15) is 0 Å². The highest BCUT2D eigenvalue weighted by Gasteiger charge is 2.21. The lowest BCUT2D eigenvalue weighted by atomic mass is 10.1. The van der Waals surface area contributed by atoms with Crippen LogP contribution in [-0.4, -0.2) is 79.0 Å². The Balaban J connectivity index is 0.000000190. The lowest BCUT2D eigenvalue weighted by molar-refractivity contribution is -0.144. The minimum absolute atomic E-state index is 0.146. The van der Waals surface area contributed by atoms with Crippen LogP contribution in [0.1, 0.15) is 96.6 Å². The number of hydrogen-bond donors (Lipinski definition) is 2. The van der Waals surface area contributed by atoms with Crippen molar-refractivity contribution in [2.75, 3.05) is 12.3 Å². The molecule has 7 heterocycles. The molecule has 7 aromatic heterocycles. The number of ketones is 2. The molecule has 0 bridgehead atoms. The molecule has 1 atom stereocenters. The van der Waals surface area contributed by atoms with Crippen LogP contribution in [0.2, 0.25) is 0 Å². The first-order valence-corrected chi connectivity index (χ1v) is 21.9. The number of aromatic carboxylic acids is 1. The molecule has 0 aliphatic heterocycles. The minimum Gasteiger partial charge on any atom is -0.477 e. The van der Waals surface area contributed by atoms with Gasteiger partial charge < -0.3 is 15.6 Å². The summed E-state index contributed by atoms with van der Waals surface area (Å²) in [6.07, 6.45) is 8.43. The number of esters is 1. The summed E-state index contributed by atoms with van der Waals surface area (Å²) in [5, 5.41) is 7.35. The van der Waals surface area contributed by atoms with Crippen LogP contribution in [0.5, 0.6) is 0 Å². The monoisotopic (exact) mass is 948 g/mol. The van der Waals surface area contributed by atoms with Crippen molar-refractivity contribution in [3.8, 4) is 0 Å². The maximum atomic E-state index is 12.5. The number of fused-ring (bicyclic) bond motifs is 3. The van der Waals surface area contributed by atoms with Gasteiger partial charge in [-0.1, -0.05) is 30.3 Å². The number of nitrogen functional groups attached to an aromatic ring is 1. The summed E-state index contributed by atoms with van der Waals surface area (Å²) in [5.41, 5.74) is 16.7. The summed E-state index contributed by atoms with van der Waals surface area (Å²) in [5.74, 6) is -1.27. The van der Waals surface area contributed by atoms with Gasteiger partial charge >= 0.3 is 11.9 Å². The summed E-state index contributed by atoms with van der Waals surface area (Å²) < 4.78 is 9.67. The highest BCUT2D eigenvalue weighted by atomic mass is 35.5. The number of nitrogens with two attached hydrogens (primary N) is 1. The van der Waals surface area contributed by atoms with E-state index in [-0.39, 0.29) is 23.9 Å². The predicted octanol–water partition coefficient (Wildman–Crippen LogP) is 9.46. The van der Waals surface area contributed by atoms with E-state index in [1.807, 2.05) is 112 Å². The SMILES string of the molecule is CCOC(=O)C(Cl)C(C)=O.Cc1ccn2c(C(=O)CCc3ccccc3)c(C)nc2c1.Cc1ccn2c(C(=O)Cl)c(C)nc2c1.Cc1ccn2c(C(=O)O)c(C)nc2c1.Cc1ccnc(N)c1. The number of aromatic nitrogens is 7. The Morgan fingerprint density at radius 1 is 0.672 bits per heavy atom. The zero-order valence-corrected chi connectivity index (χ0v) is 40.4. The molecule has 0 amide bonds. The number of carbonyl (C=O) groups excluding carboxylic acids is 4. The van der Waals surface area contributed by atoms with E-state index in [0.29, 0.717) is 40.7 Å². The van der Waals surface area contributed by atoms with Gasteiger partial charge in [0.15, 0.2) is 22.6 Å². The normalized spacial score (nSPS) is 10.9. The Morgan fingerprint density at radius 2 is 1.12 bits per heavy atom. The molecule has 350 valence electrons. The highest BCUT2D eigenvalue weighted by molar-refractivity contribution is 6.67. The van der Waals surface area contributed by atoms with Crippen LogP contribution in [0.15, 0.2) is 104 Å². The third kappa shape index (κ3) is 14.6. The molecule has 0 spiro atoms. The third-order valence-corrected chi connectivity index (χ3v) is 10.5. The number of benzene rings is 1. The topological polar surface area (TPSA) is 206 Å². The first-order chi connectivity index (χ1) is 31.7. The Bertz CT molecular complexity index is 2920. The van der Waals surface area contributed by atoms with Crippen LogP contribution in [0.4, 0.5) is 5.82 Å². The standard InChI is InChI=1S/C18H18N2O.C10H9ClN2O.C10H10N2O2.C6H9ClO3.C6H8N2/c1-13-10-11-20-17(12-13)19-14(2)18(20)16(21)9-8-15-6-4-3-5-7-15;1-6-3-4-13-8(5-6)12-7(2)9(13)10(11)14;1-6-3-4-12-8(5-6)11-7(2)9(12)10(13)14;1-3-10-6(9)5(7)4(2)8;1-5-2-3-8-6(7)4-5/h3-7,10-12H,8-9H2,1-2H3;3-5H,1-2H3;3-5H,1-2H3,(H,13,14);5H,3H2,1-2H3;2-4H,1H3,(H2,7,8). The molecular weight excluding hydrogens is 896 g/mol. The van der Waals surface area contributed by atoms with Gasteiger partial charge in [-0.15, -0.1) is 11.6 Å². The summed E-state index contributed by atoms with van der Waals surface area (Å²) in [6.45, 7) is 16.5. The Hall–Kier alpha value is -7.23. The molecule has 0 radical (unpaired) electrons. The molecule has 3 N–H and O–H groups in total. The van der Waals surface area contributed by atoms with Crippen LogP contribution in [0, 0.1) is 48.5 Å². The van der Waals surface area contributed by atoms with Crippen molar-refractivity contribution in [1.29, 1.82) is 0 Å². The second-order valence-corrected chi connectivity index (χ2v) is 16.2. The summed E-state index contributed by atoms with van der Waals surface area (Å²) >= 11 is 10.8. The summed E-state index contributed by atoms with van der Waals surface area (Å²) in [7, 11) is 0. The second-order valence-electron chi connectivity index (χ2n) is 15.4. The highest BCUT2D eigenvalue weighted by Crippen LogP contribution is 2.18. The van der Waals surface area contributed by atoms with Gasteiger partial charge in [-0.25, -0.2) is 29.5 Å². The number of halogens is 2. The maximum absolute atomic E-state index is 12.5. The predicted molar refractivity (Wildman–Crippen MR) is 261 cm³/mol. The van der Waals surface area contributed by atoms with Crippen molar-refractivity contribution in [3.05, 3.63) is 166 Å². The Labute approximate surface area is 398 Å². The number of nitrogens with zero attached hydrogens (tertiary/aromatic N) is 7. The number of Topliss-reactive ketones (excluding diaryl/α,β-unsaturated/α-hetero) is 2. The van der Waals surface area contributed by atoms with E-state index in [9.17, 15) is 24.0 Å². The van der Waals surface area contributed by atoms with Crippen molar-refractivity contribution in [2.24, 2.45) is 0 Å². The number of imidazole rings is 3. The van der Waals surface area contributed by atoms with Gasteiger partial charge in [-0.3, -0.25) is 27.6 Å². The molecule has 0 fully saturated rings. The molecule has 0 aliphatic rings. The van der Waals surface area contributed by atoms with E-state index in [1.165, 1.54) is 12.5 Å². The van der Waals surface area contributed by atoms with Crippen molar-refractivity contribution in [1.82, 2.24) is 33.1 Å². The number of ether oxygens (including phenoxy) is 1. The Kier molecular flexibility index (Phi) is 19.0. The van der Waals surface area contributed by atoms with Crippen LogP contribution >= 0.6 is 23.2 Å². The molecular formula is C50H54Cl2N8O7. The minimum atomic E-state index is -1.14. The van der Waals surface area contributed by atoms with Crippen LogP contribution in [0.25, 0.3) is 16.9 Å². The largest absolute Gasteiger partial charge is 0.477 e. The van der Waals surface area contributed by atoms with Crippen molar-refractivity contribution < 1.29 is 33.8 Å². The molecule has 8 rings (SSSR count). The molecule has 0 aliphatic carbocycles. The van der Waals surface area contributed by atoms with Crippen molar-refractivity contribution in [3.63, 3.8) is 0 Å². The van der Waals surface area contributed by atoms with Gasteiger partial charge in [0.2, 0.25) is 0 Å². The van der Waals surface area contributed by atoms with Gasteiger partial charge in [0.25, 0.3) is 5.24 Å². The van der Waals surface area contributed by atoms with E-state index >= 15 is 0 Å². The fourth-order valence-corrected chi connectivity index (χ4v) is 6.88. The van der Waals surface area contributed by atoms with Crippen molar-refractivity contribution >= 4 is 74.7 Å². The van der Waals surface area contributed by atoms with Crippen LogP contribution < -0.4 is 5.73 Å². The lowest BCUT2D eigenvalue weighted by Gasteiger charge is -2.03. The number of aryl methyl sites for hydroxylation is 8. The van der Waals surface area contributed by atoms with E-state index < -0.39 is 22.6 Å². The molecule has 67 heavy (non-hydrogen) atoms. The molecule has 1 unspecified atom stereocenters. The summed E-state index contributed by atoms with van der Waals surface area (Å²) in [6, 6.07) is 25.4. The number of carbonyl (C=O) groups is 5. The van der Waals surface area contributed by atoms with E-state index in [2.05, 4.69) is 36.8 Å². The fourth-order valence-electron chi connectivity index (χ4n) is 6.58. The smallest absolute Gasteiger partial charge is 0.354 e. The average Bonchev–Trinajstić information content (AvgIpc) is 3.90. The molecule has 15 nitrogen and oxygen atoms in total. The average molecular weight is 950 g/mol. The number of carboxylic acids is 1. The lowest BCUT2D eigenvalue weighted by Crippen LogP contribution is -2.24. The fraction of sp³-hybridized carbons (Fsp3) is 0.260. The van der Waals surface area contributed by atoms with Crippen molar-refractivity contribution in [2.45, 2.75) is 80.5 Å². The molecule has 17 heteroatoms. The van der Waals surface area contributed by atoms with E-state index in [4.69, 9.17) is 34.0 Å². The zero-order chi connectivity index (χ0) is 49.5. The number of pyridine rings is 4. The molecule has 1 aromatic carbocycles. The number of alkyl halides is 1. The van der Waals surface area contributed by atoms with E-state index in [1.54, 1.807) is 48.2 Å². The number of anilines is 1. The van der Waals surface area contributed by atoms with Crippen LogP contribution in [0.3, 0.4) is 0 Å². The number of rotatable bonds is 9. The second kappa shape index (κ2) is 24.3. The van der Waals surface area contributed by atoms with Gasteiger partial charge in [0.05, 0.1) is 23.7 Å². The quantitative estimate of drug-likeness (QED) is 0.0456. The number of carboxylic acid groups (broad SMARTS) is 1. The van der Waals surface area contributed by atoms with Crippen LogP contribution in [-0.2, 0) is 20.7 Å². The van der Waals surface area contributed by atoms with Gasteiger partial charge in [0, 0.05) is 31.2 Å². The first-order valence-electron chi connectivity index (χ1n) is 21.1. The van der Waals surface area contributed by atoms with E-state index in [0.717, 1.165) is 45.7 Å². The Morgan fingerprint density at radius 3 is 1.54 bits per heavy atom. The number of hydrogen-bond acceptors (Lipinski definition) is 11. The molecule has 0 saturated carbocycles. The third-order valence-electron chi connectivity index (χ3n) is 9.79. The first kappa shape index (κ1) is 52.4.